The topological polar surface area (TPSA) is 68.4 Å². The number of ether oxygens (including phenoxy) is 2. The monoisotopic (exact) mass is 273 g/mol. The van der Waals surface area contributed by atoms with Crippen molar-refractivity contribution in [2.45, 2.75) is 6.92 Å². The smallest absolute Gasteiger partial charge is 0.338 e. The molecule has 0 fully saturated rings. The molecule has 0 saturated carbocycles. The molecular weight excluding hydrogens is 258 g/mol. The van der Waals surface area contributed by atoms with E-state index >= 15 is 0 Å². The lowest BCUT2D eigenvalue weighted by Gasteiger charge is -2.03. The standard InChI is InChI=1S/C15H15NO4/c1-3-20-14(17)5-4-10-8-12(15(18)19-2)11-6-7-16-13(11)9-10/h4-9,16H,3H2,1-2H3. The Hall–Kier alpha value is -2.56. The second-order valence-corrected chi connectivity index (χ2v) is 4.08. The first-order valence-electron chi connectivity index (χ1n) is 6.20. The number of rotatable bonds is 4. The molecule has 0 aliphatic rings. The van der Waals surface area contributed by atoms with Gasteiger partial charge in [-0.1, -0.05) is 0 Å². The lowest BCUT2D eigenvalue weighted by molar-refractivity contribution is -0.137. The van der Waals surface area contributed by atoms with E-state index in [4.69, 9.17) is 9.47 Å². The van der Waals surface area contributed by atoms with E-state index in [1.54, 1.807) is 31.3 Å². The van der Waals surface area contributed by atoms with Crippen LogP contribution in [0, 0.1) is 0 Å². The maximum Gasteiger partial charge on any atom is 0.338 e. The quantitative estimate of drug-likeness (QED) is 0.686. The van der Waals surface area contributed by atoms with Crippen LogP contribution in [-0.2, 0) is 14.3 Å². The second kappa shape index (κ2) is 6.06. The van der Waals surface area contributed by atoms with Gasteiger partial charge in [0.15, 0.2) is 0 Å². The molecule has 0 aliphatic heterocycles. The summed E-state index contributed by atoms with van der Waals surface area (Å²) in [5.41, 5.74) is 1.97. The van der Waals surface area contributed by atoms with E-state index in [2.05, 4.69) is 4.98 Å². The van der Waals surface area contributed by atoms with Crippen molar-refractivity contribution in [1.29, 1.82) is 0 Å². The fraction of sp³-hybridized carbons (Fsp3) is 0.200. The minimum Gasteiger partial charge on any atom is -0.465 e. The summed E-state index contributed by atoms with van der Waals surface area (Å²) in [7, 11) is 1.34. The number of benzene rings is 1. The van der Waals surface area contributed by atoms with Crippen LogP contribution >= 0.6 is 0 Å². The fourth-order valence-corrected chi connectivity index (χ4v) is 1.92. The Morgan fingerprint density at radius 3 is 2.85 bits per heavy atom. The van der Waals surface area contributed by atoms with Crippen LogP contribution in [0.5, 0.6) is 0 Å². The van der Waals surface area contributed by atoms with Crippen LogP contribution in [0.4, 0.5) is 0 Å². The van der Waals surface area contributed by atoms with Crippen LogP contribution in [0.1, 0.15) is 22.8 Å². The van der Waals surface area contributed by atoms with Gasteiger partial charge in [-0.05, 0) is 36.8 Å². The Kier molecular flexibility index (Phi) is 4.20. The van der Waals surface area contributed by atoms with Gasteiger partial charge in [0.1, 0.15) is 0 Å². The fourth-order valence-electron chi connectivity index (χ4n) is 1.92. The minimum absolute atomic E-state index is 0.326. The number of aromatic nitrogens is 1. The Morgan fingerprint density at radius 1 is 1.35 bits per heavy atom. The van der Waals surface area contributed by atoms with Gasteiger partial charge in [-0.3, -0.25) is 0 Å². The first-order valence-corrected chi connectivity index (χ1v) is 6.20. The molecule has 1 heterocycles. The highest BCUT2D eigenvalue weighted by Gasteiger charge is 2.12. The largest absolute Gasteiger partial charge is 0.465 e. The third-order valence-corrected chi connectivity index (χ3v) is 2.79. The van der Waals surface area contributed by atoms with Gasteiger partial charge in [-0.15, -0.1) is 0 Å². The number of carbonyl (C=O) groups is 2. The van der Waals surface area contributed by atoms with E-state index in [1.807, 2.05) is 6.07 Å². The van der Waals surface area contributed by atoms with Gasteiger partial charge in [0.05, 0.1) is 19.3 Å². The van der Waals surface area contributed by atoms with Crippen molar-refractivity contribution in [3.63, 3.8) is 0 Å². The average Bonchev–Trinajstić information content (AvgIpc) is 2.92. The Morgan fingerprint density at radius 2 is 2.15 bits per heavy atom. The number of hydrogen-bond donors (Lipinski definition) is 1. The van der Waals surface area contributed by atoms with Crippen molar-refractivity contribution in [2.75, 3.05) is 13.7 Å². The van der Waals surface area contributed by atoms with Crippen molar-refractivity contribution in [1.82, 2.24) is 4.98 Å². The number of aromatic amines is 1. The molecule has 20 heavy (non-hydrogen) atoms. The molecule has 0 saturated heterocycles. The highest BCUT2D eigenvalue weighted by Crippen LogP contribution is 2.21. The van der Waals surface area contributed by atoms with E-state index in [9.17, 15) is 9.59 Å². The number of methoxy groups -OCH3 is 1. The van der Waals surface area contributed by atoms with E-state index in [0.29, 0.717) is 17.7 Å². The van der Waals surface area contributed by atoms with Gasteiger partial charge in [0.2, 0.25) is 0 Å². The van der Waals surface area contributed by atoms with Crippen LogP contribution in [-0.4, -0.2) is 30.6 Å². The molecule has 0 radical (unpaired) electrons. The second-order valence-electron chi connectivity index (χ2n) is 4.08. The number of esters is 2. The summed E-state index contributed by atoms with van der Waals surface area (Å²) in [6, 6.07) is 5.33. The van der Waals surface area contributed by atoms with Gasteiger partial charge >= 0.3 is 11.9 Å². The molecule has 2 rings (SSSR count). The van der Waals surface area contributed by atoms with Gasteiger partial charge in [0, 0.05) is 23.2 Å². The van der Waals surface area contributed by atoms with Crippen LogP contribution in [0.25, 0.3) is 17.0 Å². The predicted octanol–water partition coefficient (Wildman–Crippen LogP) is 2.53. The van der Waals surface area contributed by atoms with Crippen LogP contribution in [0.3, 0.4) is 0 Å². The van der Waals surface area contributed by atoms with E-state index in [0.717, 1.165) is 10.9 Å². The Bertz CT molecular complexity index is 670. The Labute approximate surface area is 116 Å². The first kappa shape index (κ1) is 13.9. The van der Waals surface area contributed by atoms with Gasteiger partial charge in [-0.25, -0.2) is 9.59 Å². The number of fused-ring (bicyclic) bond motifs is 1. The molecule has 0 amide bonds. The lowest BCUT2D eigenvalue weighted by Crippen LogP contribution is -2.02. The molecule has 104 valence electrons. The SMILES string of the molecule is CCOC(=O)C=Cc1cc(C(=O)OC)c2cc[nH]c2c1. The maximum absolute atomic E-state index is 11.8. The molecule has 2 aromatic rings. The van der Waals surface area contributed by atoms with Crippen molar-refractivity contribution in [2.24, 2.45) is 0 Å². The summed E-state index contributed by atoms with van der Waals surface area (Å²) in [6.45, 7) is 2.07. The van der Waals surface area contributed by atoms with Crippen LogP contribution < -0.4 is 0 Å². The number of hydrogen-bond acceptors (Lipinski definition) is 4. The Balaban J connectivity index is 2.40. The van der Waals surface area contributed by atoms with E-state index in [-0.39, 0.29) is 0 Å². The summed E-state index contributed by atoms with van der Waals surface area (Å²) in [6.07, 6.45) is 4.68. The number of H-pyrrole nitrogens is 1. The van der Waals surface area contributed by atoms with Crippen molar-refractivity contribution in [3.05, 3.63) is 41.6 Å². The molecule has 1 N–H and O–H groups in total. The zero-order valence-corrected chi connectivity index (χ0v) is 11.3. The molecule has 1 aromatic heterocycles. The van der Waals surface area contributed by atoms with Gasteiger partial charge in [-0.2, -0.15) is 0 Å². The third kappa shape index (κ3) is 2.88. The van der Waals surface area contributed by atoms with E-state index < -0.39 is 11.9 Å². The highest BCUT2D eigenvalue weighted by molar-refractivity contribution is 6.05. The molecular formula is C15H15NO4. The summed E-state index contributed by atoms with van der Waals surface area (Å²) >= 11 is 0. The summed E-state index contributed by atoms with van der Waals surface area (Å²) in [4.78, 5) is 26.1. The minimum atomic E-state index is -0.418. The molecule has 5 nitrogen and oxygen atoms in total. The van der Waals surface area contributed by atoms with Crippen LogP contribution in [0.2, 0.25) is 0 Å². The normalized spacial score (nSPS) is 10.9. The maximum atomic E-state index is 11.8. The zero-order valence-electron chi connectivity index (χ0n) is 11.3. The summed E-state index contributed by atoms with van der Waals surface area (Å²) in [5, 5.41) is 0.783. The molecule has 0 atom stereocenters. The van der Waals surface area contributed by atoms with Crippen molar-refractivity contribution >= 4 is 28.9 Å². The molecule has 0 unspecified atom stereocenters. The molecule has 5 heteroatoms. The van der Waals surface area contributed by atoms with Crippen molar-refractivity contribution in [3.8, 4) is 0 Å². The number of nitrogens with one attached hydrogen (secondary N) is 1. The summed E-state index contributed by atoms with van der Waals surface area (Å²) < 4.78 is 9.57. The first-order chi connectivity index (χ1) is 9.65. The third-order valence-electron chi connectivity index (χ3n) is 2.79. The molecule has 0 bridgehead atoms. The van der Waals surface area contributed by atoms with E-state index in [1.165, 1.54) is 13.2 Å². The molecule has 0 aliphatic carbocycles. The lowest BCUT2D eigenvalue weighted by atomic mass is 10.1. The average molecular weight is 273 g/mol. The van der Waals surface area contributed by atoms with Crippen LogP contribution in [0.15, 0.2) is 30.5 Å². The zero-order chi connectivity index (χ0) is 14.5. The number of carbonyl (C=O) groups excluding carboxylic acids is 2. The van der Waals surface area contributed by atoms with Crippen molar-refractivity contribution < 1.29 is 19.1 Å². The summed E-state index contributed by atoms with van der Waals surface area (Å²) in [5.74, 6) is -0.834. The van der Waals surface area contributed by atoms with Gasteiger partial charge < -0.3 is 14.5 Å². The van der Waals surface area contributed by atoms with Gasteiger partial charge in [0.25, 0.3) is 0 Å². The predicted molar refractivity (Wildman–Crippen MR) is 75.3 cm³/mol. The molecule has 1 aromatic carbocycles. The highest BCUT2D eigenvalue weighted by atomic mass is 16.5. The molecule has 0 spiro atoms.